The van der Waals surface area contributed by atoms with Gasteiger partial charge in [-0.15, -0.1) is 0 Å². The maximum atomic E-state index is 13.1. The van der Waals surface area contributed by atoms with Gasteiger partial charge in [-0.2, -0.15) is 0 Å². The zero-order valence-corrected chi connectivity index (χ0v) is 20.0. The Morgan fingerprint density at radius 3 is 2.68 bits per heavy atom. The zero-order valence-electron chi connectivity index (χ0n) is 20.0. The van der Waals surface area contributed by atoms with Crippen LogP contribution in [0.1, 0.15) is 56.1 Å². The number of benzene rings is 1. The Kier molecular flexibility index (Phi) is 7.21. The Balaban J connectivity index is 1.39. The summed E-state index contributed by atoms with van der Waals surface area (Å²) in [4.78, 5) is 53.9. The van der Waals surface area contributed by atoms with Crippen molar-refractivity contribution in [3.05, 3.63) is 29.3 Å². The summed E-state index contributed by atoms with van der Waals surface area (Å²) >= 11 is 0. The van der Waals surface area contributed by atoms with Crippen LogP contribution < -0.4 is 10.6 Å². The SMILES string of the molecule is Cc1cccc(NC(=O)CN(CC2CCCO2)C(=O)CCN2C(=O)NC3(CCCC3)C2=O)c1C. The molecule has 1 saturated carbocycles. The van der Waals surface area contributed by atoms with E-state index in [1.54, 1.807) is 0 Å². The molecule has 1 spiro atoms. The standard InChI is InChI=1S/C25H34N4O5/c1-17-7-5-9-20(18(17)2)26-21(30)16-28(15-19-8-6-14-34-19)22(31)10-13-29-23(32)25(27-24(29)33)11-3-4-12-25/h5,7,9,19H,3-4,6,8,10-16H2,1-2H3,(H,26,30)(H,27,33). The van der Waals surface area contributed by atoms with Gasteiger partial charge in [0.2, 0.25) is 11.8 Å². The highest BCUT2D eigenvalue weighted by Crippen LogP contribution is 2.35. The third-order valence-electron chi connectivity index (χ3n) is 7.27. The monoisotopic (exact) mass is 470 g/mol. The second kappa shape index (κ2) is 10.1. The highest BCUT2D eigenvalue weighted by molar-refractivity contribution is 6.07. The molecule has 2 N–H and O–H groups in total. The number of hydrogen-bond donors (Lipinski definition) is 2. The number of nitrogens with one attached hydrogen (secondary N) is 2. The summed E-state index contributed by atoms with van der Waals surface area (Å²) in [5.74, 6) is -0.805. The van der Waals surface area contributed by atoms with Gasteiger partial charge in [-0.05, 0) is 56.7 Å². The van der Waals surface area contributed by atoms with E-state index in [2.05, 4.69) is 10.6 Å². The van der Waals surface area contributed by atoms with E-state index in [0.717, 1.165) is 47.4 Å². The van der Waals surface area contributed by atoms with Gasteiger partial charge in [-0.1, -0.05) is 25.0 Å². The fourth-order valence-corrected chi connectivity index (χ4v) is 5.10. The normalized spacial score (nSPS) is 21.2. The van der Waals surface area contributed by atoms with Crippen molar-refractivity contribution in [3.8, 4) is 0 Å². The third kappa shape index (κ3) is 5.09. The van der Waals surface area contributed by atoms with Gasteiger partial charge >= 0.3 is 6.03 Å². The van der Waals surface area contributed by atoms with Crippen LogP contribution in [0.4, 0.5) is 10.5 Å². The lowest BCUT2D eigenvalue weighted by molar-refractivity contribution is -0.137. The highest BCUT2D eigenvalue weighted by atomic mass is 16.5. The maximum Gasteiger partial charge on any atom is 0.325 e. The van der Waals surface area contributed by atoms with Gasteiger partial charge in [0.25, 0.3) is 5.91 Å². The van der Waals surface area contributed by atoms with Gasteiger partial charge < -0.3 is 20.3 Å². The Labute approximate surface area is 200 Å². The van der Waals surface area contributed by atoms with Crippen molar-refractivity contribution < 1.29 is 23.9 Å². The summed E-state index contributed by atoms with van der Waals surface area (Å²) in [6.45, 7) is 4.76. The molecule has 1 aliphatic carbocycles. The molecular formula is C25H34N4O5. The predicted molar refractivity (Wildman–Crippen MR) is 126 cm³/mol. The summed E-state index contributed by atoms with van der Waals surface area (Å²) in [7, 11) is 0. The van der Waals surface area contributed by atoms with E-state index in [1.807, 2.05) is 32.0 Å². The van der Waals surface area contributed by atoms with E-state index in [1.165, 1.54) is 4.90 Å². The molecule has 2 heterocycles. The molecule has 2 aliphatic heterocycles. The minimum absolute atomic E-state index is 0.00583. The Morgan fingerprint density at radius 1 is 1.21 bits per heavy atom. The predicted octanol–water partition coefficient (Wildman–Crippen LogP) is 2.50. The first-order valence-electron chi connectivity index (χ1n) is 12.2. The number of urea groups is 1. The molecule has 4 rings (SSSR count). The van der Waals surface area contributed by atoms with E-state index in [0.29, 0.717) is 26.0 Å². The molecule has 3 aliphatic rings. The molecule has 0 bridgehead atoms. The van der Waals surface area contributed by atoms with Gasteiger partial charge in [-0.25, -0.2) is 4.79 Å². The van der Waals surface area contributed by atoms with Crippen molar-refractivity contribution in [2.45, 2.75) is 70.4 Å². The molecule has 2 saturated heterocycles. The van der Waals surface area contributed by atoms with Gasteiger partial charge in [0.05, 0.1) is 12.6 Å². The molecule has 184 valence electrons. The molecule has 1 aromatic carbocycles. The number of rotatable bonds is 8. The van der Waals surface area contributed by atoms with Crippen molar-refractivity contribution in [1.29, 1.82) is 0 Å². The second-order valence-corrected chi connectivity index (χ2v) is 9.63. The summed E-state index contributed by atoms with van der Waals surface area (Å²) in [5, 5.41) is 5.74. The molecule has 0 aromatic heterocycles. The van der Waals surface area contributed by atoms with Gasteiger partial charge in [0.15, 0.2) is 0 Å². The Morgan fingerprint density at radius 2 is 1.97 bits per heavy atom. The molecule has 34 heavy (non-hydrogen) atoms. The first kappa shape index (κ1) is 24.2. The number of anilines is 1. The van der Waals surface area contributed by atoms with E-state index in [-0.39, 0.29) is 43.3 Å². The summed E-state index contributed by atoms with van der Waals surface area (Å²) in [5.41, 5.74) is 1.98. The minimum atomic E-state index is -0.789. The van der Waals surface area contributed by atoms with Crippen molar-refractivity contribution in [2.75, 3.05) is 31.6 Å². The largest absolute Gasteiger partial charge is 0.376 e. The van der Waals surface area contributed by atoms with E-state index in [4.69, 9.17) is 4.74 Å². The molecular weight excluding hydrogens is 436 g/mol. The van der Waals surface area contributed by atoms with Gasteiger partial charge in [0.1, 0.15) is 5.54 Å². The van der Waals surface area contributed by atoms with Crippen LogP contribution in [0, 0.1) is 13.8 Å². The average Bonchev–Trinajstić information content (AvgIpc) is 3.53. The lowest BCUT2D eigenvalue weighted by Gasteiger charge is -2.26. The first-order chi connectivity index (χ1) is 16.3. The smallest absolute Gasteiger partial charge is 0.325 e. The number of amides is 5. The van der Waals surface area contributed by atoms with E-state index < -0.39 is 11.6 Å². The minimum Gasteiger partial charge on any atom is -0.376 e. The summed E-state index contributed by atoms with van der Waals surface area (Å²) < 4.78 is 5.69. The van der Waals surface area contributed by atoms with Crippen LogP contribution in [0.2, 0.25) is 0 Å². The highest BCUT2D eigenvalue weighted by Gasteiger charge is 2.52. The van der Waals surface area contributed by atoms with Crippen molar-refractivity contribution in [1.82, 2.24) is 15.1 Å². The van der Waals surface area contributed by atoms with Crippen molar-refractivity contribution in [2.24, 2.45) is 0 Å². The molecule has 1 atom stereocenters. The van der Waals surface area contributed by atoms with Crippen LogP contribution in [0.3, 0.4) is 0 Å². The van der Waals surface area contributed by atoms with Crippen LogP contribution >= 0.6 is 0 Å². The average molecular weight is 471 g/mol. The maximum absolute atomic E-state index is 13.1. The molecule has 9 nitrogen and oxygen atoms in total. The number of carbonyl (C=O) groups excluding carboxylic acids is 4. The topological polar surface area (TPSA) is 108 Å². The fraction of sp³-hybridized carbons (Fsp3) is 0.600. The molecule has 1 aromatic rings. The Hall–Kier alpha value is -2.94. The third-order valence-corrected chi connectivity index (χ3v) is 7.27. The van der Waals surface area contributed by atoms with Crippen LogP contribution in [0.15, 0.2) is 18.2 Å². The fourth-order valence-electron chi connectivity index (χ4n) is 5.10. The lowest BCUT2D eigenvalue weighted by atomic mass is 9.98. The summed E-state index contributed by atoms with van der Waals surface area (Å²) in [6.07, 6.45) is 4.71. The number of carbonyl (C=O) groups is 4. The van der Waals surface area contributed by atoms with E-state index >= 15 is 0 Å². The number of aryl methyl sites for hydroxylation is 1. The Bertz CT molecular complexity index is 966. The molecule has 1 unspecified atom stereocenters. The van der Waals surface area contributed by atoms with Gasteiger partial charge in [-0.3, -0.25) is 19.3 Å². The lowest BCUT2D eigenvalue weighted by Crippen LogP contribution is -2.45. The zero-order chi connectivity index (χ0) is 24.3. The number of hydrogen-bond acceptors (Lipinski definition) is 5. The quantitative estimate of drug-likeness (QED) is 0.568. The van der Waals surface area contributed by atoms with Crippen LogP contribution in [0.25, 0.3) is 0 Å². The molecule has 0 radical (unpaired) electrons. The second-order valence-electron chi connectivity index (χ2n) is 9.63. The first-order valence-corrected chi connectivity index (χ1v) is 12.2. The van der Waals surface area contributed by atoms with Crippen LogP contribution in [-0.2, 0) is 19.1 Å². The van der Waals surface area contributed by atoms with E-state index in [9.17, 15) is 19.2 Å². The number of imide groups is 1. The molecule has 3 fully saturated rings. The van der Waals surface area contributed by atoms with Crippen molar-refractivity contribution in [3.63, 3.8) is 0 Å². The summed E-state index contributed by atoms with van der Waals surface area (Å²) in [6, 6.07) is 5.26. The van der Waals surface area contributed by atoms with Crippen LogP contribution in [0.5, 0.6) is 0 Å². The van der Waals surface area contributed by atoms with Gasteiger partial charge in [0, 0.05) is 31.8 Å². The molecule has 9 heteroatoms. The van der Waals surface area contributed by atoms with Crippen molar-refractivity contribution >= 4 is 29.4 Å². The number of nitrogens with zero attached hydrogens (tertiary/aromatic N) is 2. The molecule has 5 amide bonds. The number of ether oxygens (including phenoxy) is 1. The van der Waals surface area contributed by atoms with Crippen LogP contribution in [-0.4, -0.2) is 71.4 Å².